The van der Waals surface area contributed by atoms with Crippen molar-refractivity contribution in [3.8, 4) is 0 Å². The Balaban J connectivity index is 2.17. The van der Waals surface area contributed by atoms with Crippen molar-refractivity contribution in [3.63, 3.8) is 0 Å². The molecule has 6 heteroatoms. The van der Waals surface area contributed by atoms with Crippen LogP contribution in [0.4, 0.5) is 0 Å². The van der Waals surface area contributed by atoms with Crippen LogP contribution in [0.15, 0.2) is 54.6 Å². The summed E-state index contributed by atoms with van der Waals surface area (Å²) in [5.41, 5.74) is 1.78. The molecule has 0 saturated carbocycles. The lowest BCUT2D eigenvalue weighted by Crippen LogP contribution is -2.48. The van der Waals surface area contributed by atoms with Gasteiger partial charge in [-0.2, -0.15) is 0 Å². The summed E-state index contributed by atoms with van der Waals surface area (Å²) in [5.74, 6) is -0.438. The molecule has 0 aliphatic heterocycles. The zero-order chi connectivity index (χ0) is 18.9. The van der Waals surface area contributed by atoms with Crippen molar-refractivity contribution >= 4 is 23.4 Å². The summed E-state index contributed by atoms with van der Waals surface area (Å²) < 4.78 is 0. The van der Waals surface area contributed by atoms with Crippen molar-refractivity contribution in [1.82, 2.24) is 10.2 Å². The van der Waals surface area contributed by atoms with E-state index in [4.69, 9.17) is 16.7 Å². The van der Waals surface area contributed by atoms with Crippen molar-refractivity contribution in [3.05, 3.63) is 70.7 Å². The van der Waals surface area contributed by atoms with E-state index in [9.17, 15) is 9.59 Å². The third kappa shape index (κ3) is 5.86. The Kier molecular flexibility index (Phi) is 7.63. The van der Waals surface area contributed by atoms with Crippen LogP contribution in [-0.4, -0.2) is 41.0 Å². The molecule has 0 bridgehead atoms. The van der Waals surface area contributed by atoms with Gasteiger partial charge in [0.1, 0.15) is 6.04 Å². The van der Waals surface area contributed by atoms with Crippen LogP contribution in [0.25, 0.3) is 0 Å². The molecule has 2 aromatic carbocycles. The molecule has 0 saturated heterocycles. The first-order valence-corrected chi connectivity index (χ1v) is 8.85. The molecule has 0 unspecified atom stereocenters. The molecular weight excluding hydrogens is 352 g/mol. The molecule has 0 aromatic heterocycles. The quantitative estimate of drug-likeness (QED) is 0.745. The van der Waals surface area contributed by atoms with E-state index in [1.807, 2.05) is 42.5 Å². The number of hydrogen-bond donors (Lipinski definition) is 2. The first-order valence-electron chi connectivity index (χ1n) is 8.47. The van der Waals surface area contributed by atoms with E-state index in [-0.39, 0.29) is 31.4 Å². The summed E-state index contributed by atoms with van der Waals surface area (Å²) in [6.45, 7) is 2.00. The van der Waals surface area contributed by atoms with Crippen LogP contribution >= 0.6 is 11.6 Å². The van der Waals surface area contributed by atoms with Gasteiger partial charge in [0.05, 0.1) is 13.0 Å². The Labute approximate surface area is 158 Å². The van der Waals surface area contributed by atoms with Gasteiger partial charge in [-0.15, -0.1) is 0 Å². The number of aliphatic hydroxyl groups is 1. The average molecular weight is 375 g/mol. The van der Waals surface area contributed by atoms with E-state index < -0.39 is 6.04 Å². The van der Waals surface area contributed by atoms with Crippen LogP contribution in [0.1, 0.15) is 18.1 Å². The molecule has 0 aliphatic carbocycles. The van der Waals surface area contributed by atoms with E-state index in [0.717, 1.165) is 11.1 Å². The molecule has 2 aromatic rings. The van der Waals surface area contributed by atoms with Gasteiger partial charge in [0.25, 0.3) is 0 Å². The SMILES string of the molecule is C[C@@H](C(=O)NCCO)N(Cc1ccc(Cl)cc1)C(=O)Cc1ccccc1. The van der Waals surface area contributed by atoms with Gasteiger partial charge in [-0.3, -0.25) is 9.59 Å². The molecule has 0 heterocycles. The first kappa shape index (κ1) is 19.9. The fourth-order valence-corrected chi connectivity index (χ4v) is 2.69. The predicted molar refractivity (Wildman–Crippen MR) is 102 cm³/mol. The molecule has 0 radical (unpaired) electrons. The fraction of sp³-hybridized carbons (Fsp3) is 0.300. The Hall–Kier alpha value is -2.37. The number of nitrogens with zero attached hydrogens (tertiary/aromatic N) is 1. The van der Waals surface area contributed by atoms with Crippen molar-refractivity contribution in [2.24, 2.45) is 0 Å². The third-order valence-electron chi connectivity index (χ3n) is 4.04. The second-order valence-electron chi connectivity index (χ2n) is 6.00. The van der Waals surface area contributed by atoms with Gasteiger partial charge in [-0.25, -0.2) is 0 Å². The van der Waals surface area contributed by atoms with E-state index in [2.05, 4.69) is 5.32 Å². The van der Waals surface area contributed by atoms with Gasteiger partial charge >= 0.3 is 0 Å². The molecule has 2 amide bonds. The summed E-state index contributed by atoms with van der Waals surface area (Å²) in [4.78, 5) is 26.7. The van der Waals surface area contributed by atoms with Gasteiger partial charge in [0, 0.05) is 18.1 Å². The van der Waals surface area contributed by atoms with Crippen molar-refractivity contribution in [2.45, 2.75) is 25.9 Å². The molecule has 138 valence electrons. The van der Waals surface area contributed by atoms with Gasteiger partial charge in [-0.05, 0) is 30.2 Å². The standard InChI is InChI=1S/C20H23ClN2O3/c1-15(20(26)22-11-12-24)23(14-17-7-9-18(21)10-8-17)19(25)13-16-5-3-2-4-6-16/h2-10,15,24H,11-14H2,1H3,(H,22,26)/t15-/m0/s1. The molecule has 0 spiro atoms. The molecular formula is C20H23ClN2O3. The highest BCUT2D eigenvalue weighted by Crippen LogP contribution is 2.15. The van der Waals surface area contributed by atoms with Crippen molar-refractivity contribution in [2.75, 3.05) is 13.2 Å². The van der Waals surface area contributed by atoms with Crippen LogP contribution in [0.5, 0.6) is 0 Å². The number of carbonyl (C=O) groups is 2. The molecule has 26 heavy (non-hydrogen) atoms. The topological polar surface area (TPSA) is 69.6 Å². The Morgan fingerprint density at radius 3 is 2.35 bits per heavy atom. The van der Waals surface area contributed by atoms with Crippen molar-refractivity contribution < 1.29 is 14.7 Å². The Morgan fingerprint density at radius 2 is 1.73 bits per heavy atom. The fourth-order valence-electron chi connectivity index (χ4n) is 2.57. The highest BCUT2D eigenvalue weighted by atomic mass is 35.5. The minimum Gasteiger partial charge on any atom is -0.395 e. The number of rotatable bonds is 8. The summed E-state index contributed by atoms with van der Waals surface area (Å²) >= 11 is 5.92. The highest BCUT2D eigenvalue weighted by Gasteiger charge is 2.25. The molecule has 2 N–H and O–H groups in total. The summed E-state index contributed by atoms with van der Waals surface area (Å²) in [5, 5.41) is 12.1. The molecule has 2 rings (SSSR count). The molecule has 0 aliphatic rings. The number of carbonyl (C=O) groups excluding carboxylic acids is 2. The maximum atomic E-state index is 12.9. The molecule has 5 nitrogen and oxygen atoms in total. The average Bonchev–Trinajstić information content (AvgIpc) is 2.65. The van der Waals surface area contributed by atoms with Crippen LogP contribution in [0.2, 0.25) is 5.02 Å². The maximum absolute atomic E-state index is 12.9. The lowest BCUT2D eigenvalue weighted by molar-refractivity contribution is -0.140. The lowest BCUT2D eigenvalue weighted by Gasteiger charge is -2.29. The third-order valence-corrected chi connectivity index (χ3v) is 4.29. The first-order chi connectivity index (χ1) is 12.5. The van der Waals surface area contributed by atoms with E-state index in [0.29, 0.717) is 11.6 Å². The van der Waals surface area contributed by atoms with Gasteiger partial charge < -0.3 is 15.3 Å². The Morgan fingerprint density at radius 1 is 1.08 bits per heavy atom. The number of nitrogens with one attached hydrogen (secondary N) is 1. The number of amides is 2. The smallest absolute Gasteiger partial charge is 0.242 e. The summed E-state index contributed by atoms with van der Waals surface area (Å²) in [6.07, 6.45) is 0.214. The van der Waals surface area contributed by atoms with E-state index in [1.54, 1.807) is 24.0 Å². The summed E-state index contributed by atoms with van der Waals surface area (Å²) in [7, 11) is 0. The van der Waals surface area contributed by atoms with Crippen LogP contribution in [0.3, 0.4) is 0 Å². The maximum Gasteiger partial charge on any atom is 0.242 e. The zero-order valence-electron chi connectivity index (χ0n) is 14.7. The Bertz CT molecular complexity index is 720. The monoisotopic (exact) mass is 374 g/mol. The predicted octanol–water partition coefficient (Wildman–Crippen LogP) is 2.41. The number of halogens is 1. The largest absolute Gasteiger partial charge is 0.395 e. The second-order valence-corrected chi connectivity index (χ2v) is 6.44. The van der Waals surface area contributed by atoms with Crippen LogP contribution in [-0.2, 0) is 22.6 Å². The number of benzene rings is 2. The van der Waals surface area contributed by atoms with Gasteiger partial charge in [0.2, 0.25) is 11.8 Å². The van der Waals surface area contributed by atoms with Gasteiger partial charge in [-0.1, -0.05) is 54.1 Å². The normalized spacial score (nSPS) is 11.7. The zero-order valence-corrected chi connectivity index (χ0v) is 15.4. The highest BCUT2D eigenvalue weighted by molar-refractivity contribution is 6.30. The minimum atomic E-state index is -0.659. The summed E-state index contributed by atoms with van der Waals surface area (Å²) in [6, 6.07) is 15.9. The second kappa shape index (κ2) is 9.94. The van der Waals surface area contributed by atoms with E-state index in [1.165, 1.54) is 0 Å². The van der Waals surface area contributed by atoms with Gasteiger partial charge in [0.15, 0.2) is 0 Å². The molecule has 1 atom stereocenters. The molecule has 0 fully saturated rings. The minimum absolute atomic E-state index is 0.141. The van der Waals surface area contributed by atoms with Crippen LogP contribution in [0, 0.1) is 0 Å². The van der Waals surface area contributed by atoms with Crippen molar-refractivity contribution in [1.29, 1.82) is 0 Å². The van der Waals surface area contributed by atoms with Crippen LogP contribution < -0.4 is 5.32 Å². The number of aliphatic hydroxyl groups excluding tert-OH is 1. The number of hydrogen-bond acceptors (Lipinski definition) is 3. The van der Waals surface area contributed by atoms with E-state index >= 15 is 0 Å². The lowest BCUT2D eigenvalue weighted by atomic mass is 10.1.